The third kappa shape index (κ3) is 3.71. The highest BCUT2D eigenvalue weighted by atomic mass is 35.5. The molecule has 0 unspecified atom stereocenters. The van der Waals surface area contributed by atoms with Crippen molar-refractivity contribution in [3.05, 3.63) is 0 Å². The van der Waals surface area contributed by atoms with Gasteiger partial charge >= 0.3 is 0 Å². The number of hydrogen-bond acceptors (Lipinski definition) is 7. The van der Waals surface area contributed by atoms with Gasteiger partial charge in [0.25, 0.3) is 0 Å². The van der Waals surface area contributed by atoms with Crippen LogP contribution in [0.4, 0.5) is 11.1 Å². The second kappa shape index (κ2) is 7.28. The van der Waals surface area contributed by atoms with Crippen LogP contribution in [0.5, 0.6) is 0 Å². The summed E-state index contributed by atoms with van der Waals surface area (Å²) in [7, 11) is 3.90. The van der Waals surface area contributed by atoms with Crippen molar-refractivity contribution in [3.63, 3.8) is 0 Å². The molecule has 0 amide bonds. The van der Waals surface area contributed by atoms with Gasteiger partial charge in [0.05, 0.1) is 5.60 Å². The van der Waals surface area contributed by atoms with Crippen molar-refractivity contribution >= 4 is 47.4 Å². The molecule has 2 fully saturated rings. The summed E-state index contributed by atoms with van der Waals surface area (Å²) in [5.41, 5.74) is -0.475. The van der Waals surface area contributed by atoms with Crippen LogP contribution in [0, 0.1) is 5.92 Å². The minimum atomic E-state index is -0.475. The SMILES string of the molecule is CN(C)c1nsc(N2CC[C@@]3(O)CCNC[C@H]3C2)n1.Cl.Cl. The van der Waals surface area contributed by atoms with Crippen molar-refractivity contribution in [2.24, 2.45) is 5.92 Å². The highest BCUT2D eigenvalue weighted by Crippen LogP contribution is 2.35. The zero-order valence-corrected chi connectivity index (χ0v) is 14.7. The lowest BCUT2D eigenvalue weighted by atomic mass is 9.76. The molecular weight excluding hydrogens is 333 g/mol. The maximum atomic E-state index is 10.6. The van der Waals surface area contributed by atoms with Crippen LogP contribution in [0.2, 0.25) is 0 Å². The van der Waals surface area contributed by atoms with Gasteiger partial charge in [-0.05, 0) is 19.4 Å². The lowest BCUT2D eigenvalue weighted by Gasteiger charge is -2.47. The largest absolute Gasteiger partial charge is 0.389 e. The van der Waals surface area contributed by atoms with Crippen molar-refractivity contribution < 1.29 is 5.11 Å². The van der Waals surface area contributed by atoms with Crippen LogP contribution in [0.3, 0.4) is 0 Å². The standard InChI is InChI=1S/C12H21N5OS.2ClH/c1-16(2)10-14-11(19-15-10)17-6-4-12(18)3-5-13-7-9(12)8-17;;/h9,13,18H,3-8H2,1-2H3;2*1H/t9-,12-;;/m0../s1. The van der Waals surface area contributed by atoms with Gasteiger partial charge in [-0.3, -0.25) is 0 Å². The normalized spacial score (nSPS) is 28.1. The Kier molecular flexibility index (Phi) is 6.49. The van der Waals surface area contributed by atoms with Gasteiger partial charge in [0.2, 0.25) is 11.1 Å². The maximum Gasteiger partial charge on any atom is 0.238 e. The molecule has 3 heterocycles. The Morgan fingerprint density at radius 1 is 1.38 bits per heavy atom. The monoisotopic (exact) mass is 355 g/mol. The van der Waals surface area contributed by atoms with Crippen LogP contribution < -0.4 is 15.1 Å². The first-order valence-corrected chi connectivity index (χ1v) is 7.55. The second-order valence-corrected chi connectivity index (χ2v) is 6.45. The van der Waals surface area contributed by atoms with Gasteiger partial charge in [0.15, 0.2) is 0 Å². The van der Waals surface area contributed by atoms with Gasteiger partial charge in [-0.15, -0.1) is 24.8 Å². The van der Waals surface area contributed by atoms with E-state index in [0.29, 0.717) is 5.92 Å². The van der Waals surface area contributed by atoms with E-state index in [-0.39, 0.29) is 24.8 Å². The topological polar surface area (TPSA) is 64.5 Å². The van der Waals surface area contributed by atoms with E-state index in [1.54, 1.807) is 0 Å². The van der Waals surface area contributed by atoms with Gasteiger partial charge in [-0.2, -0.15) is 9.36 Å². The fraction of sp³-hybridized carbons (Fsp3) is 0.833. The molecule has 1 aromatic heterocycles. The van der Waals surface area contributed by atoms with Gasteiger partial charge < -0.3 is 20.2 Å². The molecule has 6 nitrogen and oxygen atoms in total. The van der Waals surface area contributed by atoms with Crippen molar-refractivity contribution in [2.45, 2.75) is 18.4 Å². The molecule has 2 aliphatic heterocycles. The Balaban J connectivity index is 0.00000110. The molecule has 2 N–H and O–H groups in total. The van der Waals surface area contributed by atoms with Crippen LogP contribution in [-0.4, -0.2) is 60.3 Å². The smallest absolute Gasteiger partial charge is 0.238 e. The Hall–Kier alpha value is -0.340. The highest BCUT2D eigenvalue weighted by molar-refractivity contribution is 7.09. The fourth-order valence-corrected chi connectivity index (χ4v) is 3.69. The molecule has 0 aromatic carbocycles. The van der Waals surface area contributed by atoms with E-state index >= 15 is 0 Å². The average molecular weight is 356 g/mol. The van der Waals surface area contributed by atoms with E-state index in [4.69, 9.17) is 0 Å². The quantitative estimate of drug-likeness (QED) is 0.824. The summed E-state index contributed by atoms with van der Waals surface area (Å²) in [6.45, 7) is 3.56. The summed E-state index contributed by atoms with van der Waals surface area (Å²) >= 11 is 1.44. The Bertz CT molecular complexity index is 461. The molecule has 0 bridgehead atoms. The summed E-state index contributed by atoms with van der Waals surface area (Å²) < 4.78 is 4.35. The van der Waals surface area contributed by atoms with E-state index in [1.807, 2.05) is 19.0 Å². The summed E-state index contributed by atoms with van der Waals surface area (Å²) in [4.78, 5) is 8.73. The molecule has 0 aliphatic carbocycles. The molecule has 3 rings (SSSR count). The number of hydrogen-bond donors (Lipinski definition) is 2. The number of piperidine rings is 2. The first-order chi connectivity index (χ1) is 9.08. The number of anilines is 2. The minimum Gasteiger partial charge on any atom is -0.389 e. The van der Waals surface area contributed by atoms with Crippen molar-refractivity contribution in [1.82, 2.24) is 14.7 Å². The Morgan fingerprint density at radius 2 is 2.14 bits per heavy atom. The molecule has 9 heteroatoms. The van der Waals surface area contributed by atoms with Gasteiger partial charge in [0, 0.05) is 51.2 Å². The third-order valence-electron chi connectivity index (χ3n) is 4.22. The van der Waals surface area contributed by atoms with Crippen molar-refractivity contribution in [2.75, 3.05) is 50.1 Å². The number of rotatable bonds is 2. The maximum absolute atomic E-state index is 10.6. The van der Waals surface area contributed by atoms with Crippen LogP contribution >= 0.6 is 36.3 Å². The molecule has 0 radical (unpaired) electrons. The molecule has 0 spiro atoms. The highest BCUT2D eigenvalue weighted by Gasteiger charge is 2.43. The number of fused-ring (bicyclic) bond motifs is 1. The van der Waals surface area contributed by atoms with Gasteiger partial charge in [-0.25, -0.2) is 0 Å². The minimum absolute atomic E-state index is 0. The zero-order valence-electron chi connectivity index (χ0n) is 12.3. The number of nitrogens with one attached hydrogen (secondary N) is 1. The molecular formula is C12H23Cl2N5OS. The molecule has 0 saturated carbocycles. The molecule has 2 atom stereocenters. The van der Waals surface area contributed by atoms with Crippen molar-refractivity contribution in [1.29, 1.82) is 0 Å². The van der Waals surface area contributed by atoms with Crippen LogP contribution in [0.15, 0.2) is 0 Å². The molecule has 2 aliphatic rings. The predicted molar refractivity (Wildman–Crippen MR) is 91.5 cm³/mol. The molecule has 2 saturated heterocycles. The van der Waals surface area contributed by atoms with Gasteiger partial charge in [0.1, 0.15) is 0 Å². The predicted octanol–water partition coefficient (Wildman–Crippen LogP) is 0.998. The summed E-state index contributed by atoms with van der Waals surface area (Å²) in [6.07, 6.45) is 1.70. The first kappa shape index (κ1) is 18.7. The fourth-order valence-electron chi connectivity index (χ4n) is 2.92. The summed E-state index contributed by atoms with van der Waals surface area (Å²) in [5.74, 6) is 1.06. The lowest BCUT2D eigenvalue weighted by molar-refractivity contribution is -0.0538. The van der Waals surface area contributed by atoms with E-state index in [1.165, 1.54) is 11.5 Å². The van der Waals surface area contributed by atoms with Crippen LogP contribution in [0.1, 0.15) is 12.8 Å². The zero-order chi connectivity index (χ0) is 13.5. The molecule has 21 heavy (non-hydrogen) atoms. The van der Waals surface area contributed by atoms with E-state index < -0.39 is 5.60 Å². The molecule has 122 valence electrons. The third-order valence-corrected chi connectivity index (χ3v) is 4.98. The van der Waals surface area contributed by atoms with E-state index in [2.05, 4.69) is 19.6 Å². The number of aromatic nitrogens is 2. The number of nitrogens with zero attached hydrogens (tertiary/aromatic N) is 4. The van der Waals surface area contributed by atoms with Crippen molar-refractivity contribution in [3.8, 4) is 0 Å². The Labute approximate surface area is 141 Å². The summed E-state index contributed by atoms with van der Waals surface area (Å²) in [6, 6.07) is 0. The van der Waals surface area contributed by atoms with E-state index in [9.17, 15) is 5.11 Å². The lowest BCUT2D eigenvalue weighted by Crippen LogP contribution is -2.59. The van der Waals surface area contributed by atoms with E-state index in [0.717, 1.165) is 50.1 Å². The van der Waals surface area contributed by atoms with Crippen LogP contribution in [0.25, 0.3) is 0 Å². The second-order valence-electron chi connectivity index (χ2n) is 5.72. The Morgan fingerprint density at radius 3 is 2.81 bits per heavy atom. The van der Waals surface area contributed by atoms with Crippen LogP contribution in [-0.2, 0) is 0 Å². The van der Waals surface area contributed by atoms with Gasteiger partial charge in [-0.1, -0.05) is 0 Å². The number of aliphatic hydroxyl groups is 1. The average Bonchev–Trinajstić information content (AvgIpc) is 2.87. The first-order valence-electron chi connectivity index (χ1n) is 6.77. The molecule has 1 aromatic rings. The summed E-state index contributed by atoms with van der Waals surface area (Å²) in [5, 5.41) is 15.0. The number of halogens is 2.